The Bertz CT molecular complexity index is 267. The maximum atomic E-state index is 12.2. The number of furan rings is 1. The second-order valence-electron chi connectivity index (χ2n) is 2.49. The fraction of sp³-hybridized carbons (Fsp3) is 0.429. The molecule has 1 aromatic rings. The van der Waals surface area contributed by atoms with Gasteiger partial charge in [-0.15, -0.1) is 0 Å². The minimum absolute atomic E-state index is 0.720. The lowest BCUT2D eigenvalue weighted by Gasteiger charge is -2.25. The summed E-state index contributed by atoms with van der Waals surface area (Å²) >= 11 is 0. The quantitative estimate of drug-likeness (QED) is 0.742. The van der Waals surface area contributed by atoms with Gasteiger partial charge in [0, 0.05) is 0 Å². The van der Waals surface area contributed by atoms with Crippen LogP contribution in [0.5, 0.6) is 0 Å². The van der Waals surface area contributed by atoms with Crippen molar-refractivity contribution >= 4 is 0 Å². The van der Waals surface area contributed by atoms with E-state index in [-0.39, 0.29) is 0 Å². The van der Waals surface area contributed by atoms with E-state index in [0.29, 0.717) is 0 Å². The molecule has 0 amide bonds. The lowest BCUT2D eigenvalue weighted by Crippen LogP contribution is -2.45. The van der Waals surface area contributed by atoms with Crippen molar-refractivity contribution in [2.24, 2.45) is 0 Å². The first-order valence-electron chi connectivity index (χ1n) is 3.36. The molecule has 0 aliphatic heterocycles. The van der Waals surface area contributed by atoms with Gasteiger partial charge in [-0.1, -0.05) is 0 Å². The van der Waals surface area contributed by atoms with Crippen LogP contribution < -0.4 is 0 Å². The Morgan fingerprint density at radius 1 is 1.38 bits per heavy atom. The van der Waals surface area contributed by atoms with Gasteiger partial charge in [-0.25, -0.2) is 0 Å². The fourth-order valence-electron chi connectivity index (χ4n) is 0.821. The molecule has 1 heterocycles. The summed E-state index contributed by atoms with van der Waals surface area (Å²) in [6.45, 7) is -1.47. The van der Waals surface area contributed by atoms with Crippen molar-refractivity contribution in [1.82, 2.24) is 0 Å². The molecule has 0 aromatic carbocycles. The maximum absolute atomic E-state index is 12.2. The van der Waals surface area contributed by atoms with Gasteiger partial charge in [-0.05, 0) is 12.1 Å². The van der Waals surface area contributed by atoms with Crippen molar-refractivity contribution < 1.29 is 27.8 Å². The second kappa shape index (κ2) is 3.04. The Kier molecular flexibility index (Phi) is 2.36. The first-order chi connectivity index (χ1) is 5.92. The third-order valence-corrected chi connectivity index (χ3v) is 1.63. The molecular formula is C7H7F3O3. The highest BCUT2D eigenvalue weighted by Gasteiger charge is 2.56. The third kappa shape index (κ3) is 1.54. The van der Waals surface area contributed by atoms with E-state index < -0.39 is 24.1 Å². The molecule has 13 heavy (non-hydrogen) atoms. The molecule has 74 valence electrons. The average molecular weight is 196 g/mol. The molecule has 0 aliphatic rings. The number of hydrogen-bond donors (Lipinski definition) is 2. The predicted molar refractivity (Wildman–Crippen MR) is 35.7 cm³/mol. The van der Waals surface area contributed by atoms with Crippen LogP contribution in [0.2, 0.25) is 0 Å². The molecule has 0 unspecified atom stereocenters. The summed E-state index contributed by atoms with van der Waals surface area (Å²) < 4.78 is 41.0. The largest absolute Gasteiger partial charge is 0.466 e. The number of alkyl halides is 3. The van der Waals surface area contributed by atoms with E-state index in [2.05, 4.69) is 4.42 Å². The Balaban J connectivity index is 3.09. The van der Waals surface area contributed by atoms with E-state index in [1.54, 1.807) is 0 Å². The Morgan fingerprint density at radius 2 is 2.00 bits per heavy atom. The van der Waals surface area contributed by atoms with Crippen LogP contribution in [0.25, 0.3) is 0 Å². The highest BCUT2D eigenvalue weighted by atomic mass is 19.4. The molecular weight excluding hydrogens is 189 g/mol. The highest BCUT2D eigenvalue weighted by molar-refractivity contribution is 5.12. The molecule has 0 aliphatic carbocycles. The van der Waals surface area contributed by atoms with E-state index in [4.69, 9.17) is 10.2 Å². The molecule has 6 heteroatoms. The summed E-state index contributed by atoms with van der Waals surface area (Å²) in [4.78, 5) is 0. The van der Waals surface area contributed by atoms with E-state index in [1.165, 1.54) is 6.07 Å². The summed E-state index contributed by atoms with van der Waals surface area (Å²) in [7, 11) is 0. The summed E-state index contributed by atoms with van der Waals surface area (Å²) in [6.07, 6.45) is -3.97. The summed E-state index contributed by atoms with van der Waals surface area (Å²) in [6, 6.07) is 2.14. The van der Waals surface area contributed by atoms with Crippen LogP contribution in [0.1, 0.15) is 5.76 Å². The molecule has 1 rings (SSSR count). The predicted octanol–water partition coefficient (Wildman–Crippen LogP) is 1.02. The Hall–Kier alpha value is -1.01. The zero-order chi connectivity index (χ0) is 10.1. The smallest absolute Gasteiger partial charge is 0.426 e. The SMILES string of the molecule is OC[C@@](O)(c1ccco1)C(F)(F)F. The Labute approximate surface area is 71.4 Å². The summed E-state index contributed by atoms with van der Waals surface area (Å²) in [5, 5.41) is 17.5. The van der Waals surface area contributed by atoms with Gasteiger partial charge in [0.25, 0.3) is 0 Å². The third-order valence-electron chi connectivity index (χ3n) is 1.63. The minimum Gasteiger partial charge on any atom is -0.466 e. The van der Waals surface area contributed by atoms with Crippen molar-refractivity contribution in [3.8, 4) is 0 Å². The normalized spacial score (nSPS) is 17.0. The van der Waals surface area contributed by atoms with Gasteiger partial charge in [0.15, 0.2) is 0 Å². The van der Waals surface area contributed by atoms with Gasteiger partial charge < -0.3 is 14.6 Å². The number of hydrogen-bond acceptors (Lipinski definition) is 3. The molecule has 0 saturated carbocycles. The van der Waals surface area contributed by atoms with Crippen LogP contribution in [0.3, 0.4) is 0 Å². The van der Waals surface area contributed by atoms with E-state index >= 15 is 0 Å². The van der Waals surface area contributed by atoms with Gasteiger partial charge in [-0.3, -0.25) is 0 Å². The van der Waals surface area contributed by atoms with Crippen LogP contribution >= 0.6 is 0 Å². The lowest BCUT2D eigenvalue weighted by atomic mass is 10.0. The fourth-order valence-corrected chi connectivity index (χ4v) is 0.821. The average Bonchev–Trinajstić information content (AvgIpc) is 2.52. The van der Waals surface area contributed by atoms with Crippen LogP contribution in [0, 0.1) is 0 Å². The number of halogens is 3. The lowest BCUT2D eigenvalue weighted by molar-refractivity contribution is -0.283. The molecule has 1 atom stereocenters. The van der Waals surface area contributed by atoms with E-state index in [9.17, 15) is 13.2 Å². The second-order valence-corrected chi connectivity index (χ2v) is 2.49. The number of aliphatic hydroxyl groups is 2. The zero-order valence-electron chi connectivity index (χ0n) is 6.38. The van der Waals surface area contributed by atoms with Crippen LogP contribution in [-0.4, -0.2) is 23.0 Å². The van der Waals surface area contributed by atoms with Crippen molar-refractivity contribution in [3.63, 3.8) is 0 Å². The summed E-state index contributed by atoms with van der Waals surface area (Å²) in [5.41, 5.74) is -3.31. The molecule has 3 nitrogen and oxygen atoms in total. The van der Waals surface area contributed by atoms with Gasteiger partial charge in [0.1, 0.15) is 5.76 Å². The minimum atomic E-state index is -4.96. The maximum Gasteiger partial charge on any atom is 0.426 e. The van der Waals surface area contributed by atoms with Crippen molar-refractivity contribution in [2.75, 3.05) is 6.61 Å². The van der Waals surface area contributed by atoms with E-state index in [1.807, 2.05) is 0 Å². The van der Waals surface area contributed by atoms with E-state index in [0.717, 1.165) is 12.3 Å². The van der Waals surface area contributed by atoms with Gasteiger partial charge in [-0.2, -0.15) is 13.2 Å². The molecule has 0 spiro atoms. The monoisotopic (exact) mass is 196 g/mol. The van der Waals surface area contributed by atoms with Gasteiger partial charge in [0.05, 0.1) is 12.9 Å². The first kappa shape index (κ1) is 10.1. The molecule has 2 N–H and O–H groups in total. The standard InChI is InChI=1S/C7H7F3O3/c8-7(9,10)6(12,4-11)5-2-1-3-13-5/h1-3,11-12H,4H2/t6-/m1/s1. The molecule has 0 saturated heterocycles. The topological polar surface area (TPSA) is 53.6 Å². The van der Waals surface area contributed by atoms with Gasteiger partial charge >= 0.3 is 6.18 Å². The molecule has 0 bridgehead atoms. The van der Waals surface area contributed by atoms with Crippen LogP contribution in [0.15, 0.2) is 22.8 Å². The summed E-state index contributed by atoms with van der Waals surface area (Å²) in [5.74, 6) is -0.720. The van der Waals surface area contributed by atoms with Crippen molar-refractivity contribution in [1.29, 1.82) is 0 Å². The van der Waals surface area contributed by atoms with Crippen molar-refractivity contribution in [2.45, 2.75) is 11.8 Å². The first-order valence-corrected chi connectivity index (χ1v) is 3.36. The number of aliphatic hydroxyl groups excluding tert-OH is 1. The van der Waals surface area contributed by atoms with Crippen LogP contribution in [0.4, 0.5) is 13.2 Å². The zero-order valence-corrected chi connectivity index (χ0v) is 6.38. The van der Waals surface area contributed by atoms with Gasteiger partial charge in [0.2, 0.25) is 5.60 Å². The molecule has 1 aromatic heterocycles. The van der Waals surface area contributed by atoms with Crippen LogP contribution in [-0.2, 0) is 5.60 Å². The number of rotatable bonds is 2. The highest BCUT2D eigenvalue weighted by Crippen LogP contribution is 2.38. The van der Waals surface area contributed by atoms with Crippen molar-refractivity contribution in [3.05, 3.63) is 24.2 Å². The molecule has 0 radical (unpaired) electrons. The molecule has 0 fully saturated rings. The Morgan fingerprint density at radius 3 is 2.31 bits per heavy atom.